The van der Waals surface area contributed by atoms with E-state index >= 15 is 0 Å². The van der Waals surface area contributed by atoms with Crippen LogP contribution in [0.15, 0.2) is 0 Å². The van der Waals surface area contributed by atoms with Crippen LogP contribution in [-0.2, 0) is 4.74 Å². The highest BCUT2D eigenvalue weighted by molar-refractivity contribution is 5.75. The summed E-state index contributed by atoms with van der Waals surface area (Å²) in [4.78, 5) is 16.1. The molecule has 16 heavy (non-hydrogen) atoms. The number of amides is 2. The number of hydrogen-bond acceptors (Lipinski definition) is 3. The first-order valence-corrected chi connectivity index (χ1v) is 5.95. The Hall–Kier alpha value is -0.810. The van der Waals surface area contributed by atoms with Gasteiger partial charge < -0.3 is 19.9 Å². The monoisotopic (exact) mass is 227 g/mol. The number of fused-ring (bicyclic) bond motifs is 2. The number of morpholine rings is 1. The fourth-order valence-corrected chi connectivity index (χ4v) is 2.25. The molecule has 2 aliphatic heterocycles. The van der Waals surface area contributed by atoms with Crippen molar-refractivity contribution >= 4 is 6.03 Å². The summed E-state index contributed by atoms with van der Waals surface area (Å²) < 4.78 is 5.50. The largest absolute Gasteiger partial charge is 0.377 e. The van der Waals surface area contributed by atoms with Crippen molar-refractivity contribution in [3.63, 3.8) is 0 Å². The molecule has 2 aliphatic rings. The predicted molar refractivity (Wildman–Crippen MR) is 61.4 cm³/mol. The van der Waals surface area contributed by atoms with Crippen LogP contribution in [0.1, 0.15) is 13.8 Å². The van der Waals surface area contributed by atoms with Gasteiger partial charge in [0.15, 0.2) is 0 Å². The van der Waals surface area contributed by atoms with Crippen LogP contribution < -0.4 is 5.32 Å². The van der Waals surface area contributed by atoms with E-state index in [1.54, 1.807) is 4.90 Å². The van der Waals surface area contributed by atoms with E-state index in [0.29, 0.717) is 13.2 Å². The highest BCUT2D eigenvalue weighted by Gasteiger charge is 2.39. The van der Waals surface area contributed by atoms with Gasteiger partial charge in [-0.3, -0.25) is 0 Å². The Morgan fingerprint density at radius 3 is 2.44 bits per heavy atom. The van der Waals surface area contributed by atoms with Gasteiger partial charge in [-0.2, -0.15) is 0 Å². The number of carbonyl (C=O) groups is 1. The molecule has 0 radical (unpaired) electrons. The molecule has 0 aromatic rings. The van der Waals surface area contributed by atoms with Crippen LogP contribution >= 0.6 is 0 Å². The Balaban J connectivity index is 2.09. The van der Waals surface area contributed by atoms with E-state index in [2.05, 4.69) is 5.32 Å². The molecule has 2 amide bonds. The van der Waals surface area contributed by atoms with E-state index in [1.807, 2.05) is 25.8 Å². The summed E-state index contributed by atoms with van der Waals surface area (Å²) in [5.41, 5.74) is 0. The average molecular weight is 227 g/mol. The normalized spacial score (nSPS) is 29.4. The molecular weight excluding hydrogens is 206 g/mol. The van der Waals surface area contributed by atoms with Gasteiger partial charge in [-0.15, -0.1) is 0 Å². The zero-order valence-corrected chi connectivity index (χ0v) is 10.3. The van der Waals surface area contributed by atoms with Crippen molar-refractivity contribution in [2.24, 2.45) is 0 Å². The number of nitrogens with zero attached hydrogens (tertiary/aromatic N) is 2. The smallest absolute Gasteiger partial charge is 0.320 e. The Bertz CT molecular complexity index is 248. The predicted octanol–water partition coefficient (Wildman–Crippen LogP) is 0.119. The molecule has 2 unspecified atom stereocenters. The van der Waals surface area contributed by atoms with Gasteiger partial charge >= 0.3 is 6.03 Å². The average Bonchev–Trinajstić information content (AvgIpc) is 2.25. The van der Waals surface area contributed by atoms with E-state index < -0.39 is 0 Å². The second kappa shape index (κ2) is 4.59. The second-order valence-electron chi connectivity index (χ2n) is 4.90. The third-order valence-electron chi connectivity index (χ3n) is 3.46. The van der Waals surface area contributed by atoms with Gasteiger partial charge in [0.1, 0.15) is 0 Å². The lowest BCUT2D eigenvalue weighted by molar-refractivity contribution is -0.0480. The maximum Gasteiger partial charge on any atom is 0.320 e. The van der Waals surface area contributed by atoms with E-state index in [-0.39, 0.29) is 24.2 Å². The summed E-state index contributed by atoms with van der Waals surface area (Å²) in [7, 11) is 1.87. The molecule has 0 aliphatic carbocycles. The minimum absolute atomic E-state index is 0.134. The van der Waals surface area contributed by atoms with Crippen LogP contribution in [0.2, 0.25) is 0 Å². The molecule has 1 N–H and O–H groups in total. The Labute approximate surface area is 96.7 Å². The SMILES string of the molecule is CC(C)N(C)C(=O)N1C2CNCC1COC2. The molecular formula is C11H21N3O2. The zero-order chi connectivity index (χ0) is 11.7. The van der Waals surface area contributed by atoms with E-state index in [0.717, 1.165) is 13.1 Å². The van der Waals surface area contributed by atoms with E-state index in [9.17, 15) is 4.79 Å². The fraction of sp³-hybridized carbons (Fsp3) is 0.909. The third kappa shape index (κ3) is 2.01. The second-order valence-corrected chi connectivity index (χ2v) is 4.90. The number of ether oxygens (including phenoxy) is 1. The van der Waals surface area contributed by atoms with Crippen molar-refractivity contribution in [3.05, 3.63) is 0 Å². The standard InChI is InChI=1S/C11H21N3O2/c1-8(2)13(3)11(15)14-9-4-12-5-10(14)7-16-6-9/h8-10,12H,4-7H2,1-3H3. The number of rotatable bonds is 1. The van der Waals surface area contributed by atoms with Crippen LogP contribution in [0.5, 0.6) is 0 Å². The summed E-state index contributed by atoms with van der Waals surface area (Å²) in [6.45, 7) is 7.06. The molecule has 2 saturated heterocycles. The van der Waals surface area contributed by atoms with Crippen LogP contribution in [0.3, 0.4) is 0 Å². The molecule has 2 fully saturated rings. The first-order valence-electron chi connectivity index (χ1n) is 5.95. The van der Waals surface area contributed by atoms with Crippen LogP contribution in [0.25, 0.3) is 0 Å². The Morgan fingerprint density at radius 1 is 1.38 bits per heavy atom. The molecule has 0 saturated carbocycles. The topological polar surface area (TPSA) is 44.8 Å². The van der Waals surface area contributed by atoms with E-state index in [4.69, 9.17) is 4.74 Å². The third-order valence-corrected chi connectivity index (χ3v) is 3.46. The quantitative estimate of drug-likeness (QED) is 0.692. The lowest BCUT2D eigenvalue weighted by atomic mass is 10.1. The van der Waals surface area contributed by atoms with Crippen LogP contribution in [-0.4, -0.2) is 67.3 Å². The number of piperazine rings is 1. The van der Waals surface area contributed by atoms with Crippen molar-refractivity contribution in [1.29, 1.82) is 0 Å². The molecule has 5 heteroatoms. The van der Waals surface area contributed by atoms with Gasteiger partial charge in [-0.1, -0.05) is 0 Å². The molecule has 2 rings (SSSR count). The summed E-state index contributed by atoms with van der Waals surface area (Å²) in [5.74, 6) is 0. The van der Waals surface area contributed by atoms with Gasteiger partial charge in [0.05, 0.1) is 25.3 Å². The Morgan fingerprint density at radius 2 is 1.94 bits per heavy atom. The van der Waals surface area contributed by atoms with Crippen LogP contribution in [0.4, 0.5) is 4.79 Å². The van der Waals surface area contributed by atoms with Crippen molar-refractivity contribution in [2.75, 3.05) is 33.4 Å². The maximum atomic E-state index is 12.3. The summed E-state index contributed by atoms with van der Waals surface area (Å²) in [6.07, 6.45) is 0. The molecule has 0 aromatic carbocycles. The molecule has 0 spiro atoms. The van der Waals surface area contributed by atoms with Gasteiger partial charge in [0.2, 0.25) is 0 Å². The number of carbonyl (C=O) groups excluding carboxylic acids is 1. The first-order chi connectivity index (χ1) is 7.61. The highest BCUT2D eigenvalue weighted by Crippen LogP contribution is 2.19. The van der Waals surface area contributed by atoms with E-state index in [1.165, 1.54) is 0 Å². The van der Waals surface area contributed by atoms with Crippen molar-refractivity contribution < 1.29 is 9.53 Å². The maximum absolute atomic E-state index is 12.3. The van der Waals surface area contributed by atoms with Crippen LogP contribution in [0, 0.1) is 0 Å². The molecule has 0 aromatic heterocycles. The minimum Gasteiger partial charge on any atom is -0.377 e. The summed E-state index contributed by atoms with van der Waals surface area (Å²) in [5, 5.41) is 3.35. The Kier molecular flexibility index (Phi) is 3.35. The number of nitrogens with one attached hydrogen (secondary N) is 1. The number of hydrogen-bond donors (Lipinski definition) is 1. The van der Waals surface area contributed by atoms with Gasteiger partial charge in [0, 0.05) is 26.2 Å². The zero-order valence-electron chi connectivity index (χ0n) is 10.3. The van der Waals surface area contributed by atoms with Crippen molar-refractivity contribution in [3.8, 4) is 0 Å². The summed E-state index contributed by atoms with van der Waals surface area (Å²) >= 11 is 0. The lowest BCUT2D eigenvalue weighted by Crippen LogP contribution is -2.67. The molecule has 2 bridgehead atoms. The van der Waals surface area contributed by atoms with Gasteiger partial charge in [-0.25, -0.2) is 4.79 Å². The highest BCUT2D eigenvalue weighted by atomic mass is 16.5. The minimum atomic E-state index is 0.134. The molecule has 2 heterocycles. The molecule has 92 valence electrons. The number of urea groups is 1. The van der Waals surface area contributed by atoms with Crippen molar-refractivity contribution in [1.82, 2.24) is 15.1 Å². The molecule has 2 atom stereocenters. The van der Waals surface area contributed by atoms with Gasteiger partial charge in [-0.05, 0) is 13.8 Å². The van der Waals surface area contributed by atoms with Gasteiger partial charge in [0.25, 0.3) is 0 Å². The summed E-state index contributed by atoms with van der Waals surface area (Å²) in [6, 6.07) is 0.765. The first kappa shape index (κ1) is 11.7. The van der Waals surface area contributed by atoms with Crippen molar-refractivity contribution in [2.45, 2.75) is 32.0 Å². The fourth-order valence-electron chi connectivity index (χ4n) is 2.25. The molecule has 5 nitrogen and oxygen atoms in total. The lowest BCUT2D eigenvalue weighted by Gasteiger charge is -2.47.